The third-order valence-electron chi connectivity index (χ3n) is 6.32. The normalized spacial score (nSPS) is 17.9. The maximum Gasteiger partial charge on any atom is 0.431 e. The Hall–Kier alpha value is -3.27. The minimum Gasteiger partial charge on any atom is -0.450 e. The van der Waals surface area contributed by atoms with E-state index in [-0.39, 0.29) is 41.5 Å². The minimum atomic E-state index is -1.27. The van der Waals surface area contributed by atoms with Crippen LogP contribution in [0, 0.1) is 6.92 Å². The Kier molecular flexibility index (Phi) is 7.20. The molecule has 1 saturated carbocycles. The number of ether oxygens (including phenoxy) is 2. The van der Waals surface area contributed by atoms with Crippen molar-refractivity contribution in [3.05, 3.63) is 44.3 Å². The van der Waals surface area contributed by atoms with E-state index in [1.807, 2.05) is 0 Å². The second-order valence-electron chi connectivity index (χ2n) is 8.55. The lowest BCUT2D eigenvalue weighted by Gasteiger charge is -2.39. The molecule has 2 aromatic rings. The number of hydrogen-bond donors (Lipinski definition) is 1. The van der Waals surface area contributed by atoms with E-state index in [2.05, 4.69) is 5.43 Å². The molecule has 188 valence electrons. The molecule has 10 nitrogen and oxygen atoms in total. The monoisotopic (exact) mass is 505 g/mol. The fourth-order valence-electron chi connectivity index (χ4n) is 4.73. The van der Waals surface area contributed by atoms with Gasteiger partial charge in [0.1, 0.15) is 5.58 Å². The van der Waals surface area contributed by atoms with Crippen molar-refractivity contribution in [1.29, 1.82) is 0 Å². The van der Waals surface area contributed by atoms with E-state index < -0.39 is 29.7 Å². The Bertz CT molecular complexity index is 1220. The number of nitrogens with one attached hydrogen (secondary N) is 1. The van der Waals surface area contributed by atoms with Crippen LogP contribution in [0.2, 0.25) is 5.02 Å². The zero-order chi connectivity index (χ0) is 25.3. The molecular formula is C24H28ClN3O7. The highest BCUT2D eigenvalue weighted by Gasteiger charge is 2.50. The quantitative estimate of drug-likeness (QED) is 0.600. The molecule has 1 unspecified atom stereocenters. The number of hydrogen-bond acceptors (Lipinski definition) is 7. The first kappa shape index (κ1) is 24.8. The Morgan fingerprint density at radius 3 is 2.49 bits per heavy atom. The van der Waals surface area contributed by atoms with Crippen molar-refractivity contribution in [2.45, 2.75) is 65.1 Å². The van der Waals surface area contributed by atoms with Crippen molar-refractivity contribution < 1.29 is 28.3 Å². The van der Waals surface area contributed by atoms with Gasteiger partial charge >= 0.3 is 12.2 Å². The largest absolute Gasteiger partial charge is 0.450 e. The van der Waals surface area contributed by atoms with Gasteiger partial charge in [0.15, 0.2) is 6.17 Å². The van der Waals surface area contributed by atoms with Crippen molar-refractivity contribution in [2.24, 2.45) is 0 Å². The molecule has 35 heavy (non-hydrogen) atoms. The van der Waals surface area contributed by atoms with Gasteiger partial charge in [0.05, 0.1) is 24.2 Å². The van der Waals surface area contributed by atoms with E-state index in [4.69, 9.17) is 25.5 Å². The van der Waals surface area contributed by atoms with Crippen LogP contribution in [-0.2, 0) is 9.47 Å². The Labute approximate surface area is 207 Å². The van der Waals surface area contributed by atoms with Gasteiger partial charge in [-0.1, -0.05) is 30.9 Å². The predicted molar refractivity (Wildman–Crippen MR) is 127 cm³/mol. The van der Waals surface area contributed by atoms with Gasteiger partial charge in [-0.3, -0.25) is 9.59 Å². The molecule has 11 heteroatoms. The zero-order valence-electron chi connectivity index (χ0n) is 19.9. The third-order valence-corrected chi connectivity index (χ3v) is 6.73. The molecular weight excluding hydrogens is 478 g/mol. The molecule has 0 radical (unpaired) electrons. The number of rotatable bonds is 4. The maximum atomic E-state index is 13.7. The van der Waals surface area contributed by atoms with Crippen LogP contribution in [0.15, 0.2) is 21.3 Å². The van der Waals surface area contributed by atoms with Crippen LogP contribution in [0.3, 0.4) is 0 Å². The SMILES string of the molecule is CCOC(=O)NN(C(=O)OCC)C1c2c(oc3cc(C)c(Cl)cc3c2=O)C(=O)N1C1CCCCC1. The Morgan fingerprint density at radius 1 is 1.14 bits per heavy atom. The number of fused-ring (bicyclic) bond motifs is 2. The zero-order valence-corrected chi connectivity index (χ0v) is 20.6. The van der Waals surface area contributed by atoms with Crippen LogP contribution >= 0.6 is 11.6 Å². The van der Waals surface area contributed by atoms with Crippen LogP contribution in [-0.4, -0.2) is 47.3 Å². The topological polar surface area (TPSA) is 118 Å². The van der Waals surface area contributed by atoms with E-state index in [1.54, 1.807) is 26.8 Å². The van der Waals surface area contributed by atoms with E-state index >= 15 is 0 Å². The fourth-order valence-corrected chi connectivity index (χ4v) is 4.89. The van der Waals surface area contributed by atoms with Crippen molar-refractivity contribution in [3.8, 4) is 0 Å². The number of nitrogens with zero attached hydrogens (tertiary/aromatic N) is 2. The average molecular weight is 506 g/mol. The lowest BCUT2D eigenvalue weighted by atomic mass is 9.94. The molecule has 3 amide bonds. The van der Waals surface area contributed by atoms with Crippen LogP contribution < -0.4 is 10.9 Å². The van der Waals surface area contributed by atoms with E-state index in [9.17, 15) is 19.2 Å². The van der Waals surface area contributed by atoms with Gasteiger partial charge in [-0.15, -0.1) is 0 Å². The van der Waals surface area contributed by atoms with E-state index in [0.29, 0.717) is 23.4 Å². The molecule has 0 spiro atoms. The van der Waals surface area contributed by atoms with E-state index in [0.717, 1.165) is 24.3 Å². The highest BCUT2D eigenvalue weighted by atomic mass is 35.5. The van der Waals surface area contributed by atoms with Crippen LogP contribution in [0.25, 0.3) is 11.0 Å². The number of benzene rings is 1. The first-order valence-electron chi connectivity index (χ1n) is 11.8. The van der Waals surface area contributed by atoms with Crippen LogP contribution in [0.5, 0.6) is 0 Å². The van der Waals surface area contributed by atoms with Gasteiger partial charge in [0.2, 0.25) is 11.2 Å². The van der Waals surface area contributed by atoms with Crippen molar-refractivity contribution in [2.75, 3.05) is 13.2 Å². The Morgan fingerprint density at radius 2 is 1.83 bits per heavy atom. The molecule has 0 saturated heterocycles. The van der Waals surface area contributed by atoms with Crippen LogP contribution in [0.4, 0.5) is 9.59 Å². The Balaban J connectivity index is 1.93. The van der Waals surface area contributed by atoms with Gasteiger partial charge in [0.25, 0.3) is 5.91 Å². The molecule has 1 aliphatic heterocycles. The van der Waals surface area contributed by atoms with Crippen molar-refractivity contribution in [3.63, 3.8) is 0 Å². The second-order valence-corrected chi connectivity index (χ2v) is 8.96. The van der Waals surface area contributed by atoms with Gasteiger partial charge in [-0.2, -0.15) is 5.01 Å². The van der Waals surface area contributed by atoms with Gasteiger partial charge in [0, 0.05) is 11.1 Å². The summed E-state index contributed by atoms with van der Waals surface area (Å²) in [5.74, 6) is -0.691. The molecule has 1 aromatic heterocycles. The maximum absolute atomic E-state index is 13.7. The summed E-state index contributed by atoms with van der Waals surface area (Å²) < 4.78 is 16.1. The lowest BCUT2D eigenvalue weighted by molar-refractivity contribution is -0.0102. The van der Waals surface area contributed by atoms with Gasteiger partial charge < -0.3 is 18.8 Å². The summed E-state index contributed by atoms with van der Waals surface area (Å²) in [6, 6.07) is 2.82. The molecule has 1 aliphatic carbocycles. The average Bonchev–Trinajstić information content (AvgIpc) is 3.12. The number of aryl methyl sites for hydroxylation is 1. The molecule has 1 fully saturated rings. The fraction of sp³-hybridized carbons (Fsp3) is 0.500. The molecule has 1 atom stereocenters. The predicted octanol–water partition coefficient (Wildman–Crippen LogP) is 4.66. The van der Waals surface area contributed by atoms with Gasteiger partial charge in [-0.25, -0.2) is 15.0 Å². The third kappa shape index (κ3) is 4.54. The number of halogens is 1. The molecule has 2 aliphatic rings. The van der Waals surface area contributed by atoms with Crippen LogP contribution in [0.1, 0.15) is 73.8 Å². The summed E-state index contributed by atoms with van der Waals surface area (Å²) in [6.07, 6.45) is 1.04. The summed E-state index contributed by atoms with van der Waals surface area (Å²) in [6.45, 7) is 5.06. The van der Waals surface area contributed by atoms with E-state index in [1.165, 1.54) is 11.0 Å². The summed E-state index contributed by atoms with van der Waals surface area (Å²) in [5, 5.41) is 1.38. The summed E-state index contributed by atoms with van der Waals surface area (Å²) in [7, 11) is 0. The van der Waals surface area contributed by atoms with Crippen molar-refractivity contribution >= 4 is 40.7 Å². The molecule has 0 bridgehead atoms. The first-order valence-corrected chi connectivity index (χ1v) is 12.1. The van der Waals surface area contributed by atoms with Gasteiger partial charge in [-0.05, 0) is 51.3 Å². The standard InChI is InChI=1S/C24H28ClN3O7/c1-4-33-23(31)26-28(24(32)34-5-2)21-18-19(29)15-12-16(25)13(3)11-17(15)35-20(18)22(30)27(21)14-9-7-6-8-10-14/h11-12,14,21H,4-10H2,1-3H3,(H,26,31). The minimum absolute atomic E-state index is 0.0119. The summed E-state index contributed by atoms with van der Waals surface area (Å²) in [5.41, 5.74) is 2.70. The smallest absolute Gasteiger partial charge is 0.431 e. The number of hydrazine groups is 1. The molecule has 2 heterocycles. The molecule has 4 rings (SSSR count). The summed E-state index contributed by atoms with van der Waals surface area (Å²) in [4.78, 5) is 54.3. The molecule has 1 aromatic carbocycles. The second kappa shape index (κ2) is 10.2. The lowest BCUT2D eigenvalue weighted by Crippen LogP contribution is -2.55. The number of carbonyl (C=O) groups excluding carboxylic acids is 3. The summed E-state index contributed by atoms with van der Waals surface area (Å²) >= 11 is 6.27. The number of carbonyl (C=O) groups is 3. The molecule has 1 N–H and O–H groups in total. The highest BCUT2D eigenvalue weighted by molar-refractivity contribution is 6.32. The highest BCUT2D eigenvalue weighted by Crippen LogP contribution is 2.40. The number of amides is 3. The van der Waals surface area contributed by atoms with Crippen molar-refractivity contribution in [1.82, 2.24) is 15.3 Å². The first-order chi connectivity index (χ1) is 16.8.